The smallest absolute Gasteiger partial charge is 0.294 e. The van der Waals surface area contributed by atoms with Crippen molar-refractivity contribution in [2.24, 2.45) is 0 Å². The maximum atomic E-state index is 12.5. The number of Topliss-reactive ketones (excluding diaryl/α,β-unsaturated/α-hetero) is 1. The van der Waals surface area contributed by atoms with Crippen molar-refractivity contribution in [3.05, 3.63) is 89.0 Å². The molecule has 5 heteroatoms. The SMILES string of the molecule is Cc1ccc(Cn2cccc2C(=O)C(=O)NCc2cccnc2)cc1C. The van der Waals surface area contributed by atoms with Crippen LogP contribution in [0.4, 0.5) is 0 Å². The minimum absolute atomic E-state index is 0.274. The normalized spacial score (nSPS) is 10.5. The summed E-state index contributed by atoms with van der Waals surface area (Å²) < 4.78 is 1.80. The third kappa shape index (κ3) is 4.06. The molecule has 5 nitrogen and oxygen atoms in total. The van der Waals surface area contributed by atoms with Gasteiger partial charge in [-0.1, -0.05) is 24.3 Å². The van der Waals surface area contributed by atoms with Crippen LogP contribution in [0.5, 0.6) is 0 Å². The molecule has 0 atom stereocenters. The summed E-state index contributed by atoms with van der Waals surface area (Å²) >= 11 is 0. The highest BCUT2D eigenvalue weighted by atomic mass is 16.2. The lowest BCUT2D eigenvalue weighted by Gasteiger charge is -2.10. The number of nitrogens with one attached hydrogen (secondary N) is 1. The highest BCUT2D eigenvalue weighted by Crippen LogP contribution is 2.13. The Kier molecular flexibility index (Phi) is 5.27. The first kappa shape index (κ1) is 17.6. The van der Waals surface area contributed by atoms with Gasteiger partial charge in [0.25, 0.3) is 11.7 Å². The van der Waals surface area contributed by atoms with Crippen molar-refractivity contribution in [1.29, 1.82) is 0 Å². The van der Waals surface area contributed by atoms with Crippen LogP contribution in [0.1, 0.15) is 32.7 Å². The molecule has 0 saturated heterocycles. The van der Waals surface area contributed by atoms with Gasteiger partial charge in [-0.25, -0.2) is 0 Å². The minimum Gasteiger partial charge on any atom is -0.345 e. The predicted octanol–water partition coefficient (Wildman–Crippen LogP) is 3.05. The van der Waals surface area contributed by atoms with E-state index in [1.165, 1.54) is 11.1 Å². The van der Waals surface area contributed by atoms with Gasteiger partial charge in [0.05, 0.1) is 5.69 Å². The Morgan fingerprint density at radius 2 is 1.88 bits per heavy atom. The van der Waals surface area contributed by atoms with Crippen LogP contribution >= 0.6 is 0 Å². The first-order valence-electron chi connectivity index (χ1n) is 8.47. The van der Waals surface area contributed by atoms with Gasteiger partial charge in [0.15, 0.2) is 0 Å². The van der Waals surface area contributed by atoms with Crippen LogP contribution in [0.25, 0.3) is 0 Å². The molecule has 0 aliphatic rings. The van der Waals surface area contributed by atoms with E-state index in [1.807, 2.05) is 18.3 Å². The largest absolute Gasteiger partial charge is 0.345 e. The molecule has 2 heterocycles. The molecule has 0 fully saturated rings. The van der Waals surface area contributed by atoms with Crippen LogP contribution in [0.3, 0.4) is 0 Å². The molecule has 0 unspecified atom stereocenters. The van der Waals surface area contributed by atoms with Crippen LogP contribution in [-0.4, -0.2) is 21.2 Å². The molecule has 0 saturated carbocycles. The lowest BCUT2D eigenvalue weighted by Crippen LogP contribution is -2.32. The summed E-state index contributed by atoms with van der Waals surface area (Å²) in [5.74, 6) is -1.16. The van der Waals surface area contributed by atoms with Crippen molar-refractivity contribution in [1.82, 2.24) is 14.9 Å². The van der Waals surface area contributed by atoms with Crippen molar-refractivity contribution < 1.29 is 9.59 Å². The van der Waals surface area contributed by atoms with Crippen LogP contribution in [0.15, 0.2) is 61.1 Å². The van der Waals surface area contributed by atoms with Crippen molar-refractivity contribution in [3.63, 3.8) is 0 Å². The van der Waals surface area contributed by atoms with Crippen LogP contribution in [0, 0.1) is 13.8 Å². The summed E-state index contributed by atoms with van der Waals surface area (Å²) in [6, 6.07) is 13.3. The Labute approximate surface area is 152 Å². The number of hydrogen-bond donors (Lipinski definition) is 1. The fourth-order valence-corrected chi connectivity index (χ4v) is 2.74. The third-order valence-corrected chi connectivity index (χ3v) is 4.37. The summed E-state index contributed by atoms with van der Waals surface area (Å²) in [4.78, 5) is 28.7. The molecule has 0 aliphatic carbocycles. The number of ketones is 1. The van der Waals surface area contributed by atoms with Gasteiger partial charge >= 0.3 is 0 Å². The maximum absolute atomic E-state index is 12.5. The van der Waals surface area contributed by atoms with Crippen molar-refractivity contribution in [2.75, 3.05) is 0 Å². The van der Waals surface area contributed by atoms with Crippen molar-refractivity contribution in [2.45, 2.75) is 26.9 Å². The molecule has 0 spiro atoms. The second-order valence-electron chi connectivity index (χ2n) is 6.31. The highest BCUT2D eigenvalue weighted by molar-refractivity contribution is 6.42. The standard InChI is InChI=1S/C21H21N3O2/c1-15-7-8-17(11-16(15)2)14-24-10-4-6-19(24)20(25)21(26)23-13-18-5-3-9-22-12-18/h3-12H,13-14H2,1-2H3,(H,23,26). The van der Waals surface area contributed by atoms with Gasteiger partial charge in [-0.05, 0) is 54.3 Å². The summed E-state index contributed by atoms with van der Waals surface area (Å²) in [5.41, 5.74) is 4.75. The fraction of sp³-hybridized carbons (Fsp3) is 0.190. The molecule has 0 radical (unpaired) electrons. The van der Waals surface area contributed by atoms with Crippen molar-refractivity contribution >= 4 is 11.7 Å². The van der Waals surface area contributed by atoms with Crippen LogP contribution in [0.2, 0.25) is 0 Å². The number of pyridine rings is 1. The quantitative estimate of drug-likeness (QED) is 0.551. The van der Waals surface area contributed by atoms with Gasteiger partial charge < -0.3 is 9.88 Å². The topological polar surface area (TPSA) is 64.0 Å². The Bertz CT molecular complexity index is 929. The summed E-state index contributed by atoms with van der Waals surface area (Å²) in [6.07, 6.45) is 5.14. The molecular weight excluding hydrogens is 326 g/mol. The first-order valence-corrected chi connectivity index (χ1v) is 8.47. The number of nitrogens with zero attached hydrogens (tertiary/aromatic N) is 2. The Morgan fingerprint density at radius 3 is 2.62 bits per heavy atom. The van der Waals surface area contributed by atoms with Gasteiger partial charge in [-0.2, -0.15) is 0 Å². The number of rotatable bonds is 6. The molecule has 1 N–H and O–H groups in total. The zero-order chi connectivity index (χ0) is 18.5. The minimum atomic E-state index is -0.617. The van der Waals surface area contributed by atoms with E-state index >= 15 is 0 Å². The van der Waals surface area contributed by atoms with Crippen LogP contribution in [-0.2, 0) is 17.9 Å². The van der Waals surface area contributed by atoms with E-state index in [0.29, 0.717) is 12.2 Å². The van der Waals surface area contributed by atoms with E-state index in [9.17, 15) is 9.59 Å². The monoisotopic (exact) mass is 347 g/mol. The number of carbonyl (C=O) groups is 2. The molecule has 3 aromatic rings. The summed E-state index contributed by atoms with van der Waals surface area (Å²) in [6.45, 7) is 4.95. The molecule has 0 bridgehead atoms. The van der Waals surface area contributed by atoms with E-state index in [0.717, 1.165) is 11.1 Å². The number of hydrogen-bond acceptors (Lipinski definition) is 3. The van der Waals surface area contributed by atoms with E-state index in [-0.39, 0.29) is 6.54 Å². The molecule has 26 heavy (non-hydrogen) atoms. The van der Waals surface area contributed by atoms with Crippen LogP contribution < -0.4 is 5.32 Å². The zero-order valence-electron chi connectivity index (χ0n) is 14.9. The number of amides is 1. The number of carbonyl (C=O) groups excluding carboxylic acids is 2. The fourth-order valence-electron chi connectivity index (χ4n) is 2.74. The second kappa shape index (κ2) is 7.78. The van der Waals surface area contributed by atoms with Crippen molar-refractivity contribution in [3.8, 4) is 0 Å². The Balaban J connectivity index is 1.69. The van der Waals surface area contributed by atoms with Gasteiger partial charge in [0, 0.05) is 31.7 Å². The van der Waals surface area contributed by atoms with Gasteiger partial charge in [0.1, 0.15) is 0 Å². The predicted molar refractivity (Wildman–Crippen MR) is 99.9 cm³/mol. The van der Waals surface area contributed by atoms with E-state index < -0.39 is 11.7 Å². The third-order valence-electron chi connectivity index (χ3n) is 4.37. The number of aromatic nitrogens is 2. The Morgan fingerprint density at radius 1 is 1.04 bits per heavy atom. The molecule has 1 amide bonds. The molecule has 3 rings (SSSR count). The molecule has 1 aromatic carbocycles. The Hall–Kier alpha value is -3.21. The summed E-state index contributed by atoms with van der Waals surface area (Å²) in [7, 11) is 0. The number of aryl methyl sites for hydroxylation is 2. The van der Waals surface area contributed by atoms with E-state index in [2.05, 4.69) is 36.3 Å². The summed E-state index contributed by atoms with van der Waals surface area (Å²) in [5, 5.41) is 2.65. The second-order valence-corrected chi connectivity index (χ2v) is 6.31. The average Bonchev–Trinajstić information content (AvgIpc) is 3.11. The van der Waals surface area contributed by atoms with E-state index in [1.54, 1.807) is 35.2 Å². The molecule has 132 valence electrons. The van der Waals surface area contributed by atoms with Gasteiger partial charge in [0.2, 0.25) is 0 Å². The average molecular weight is 347 g/mol. The number of benzene rings is 1. The first-order chi connectivity index (χ1) is 12.5. The van der Waals surface area contributed by atoms with Gasteiger partial charge in [-0.3, -0.25) is 14.6 Å². The molecular formula is C21H21N3O2. The lowest BCUT2D eigenvalue weighted by molar-refractivity contribution is -0.117. The highest BCUT2D eigenvalue weighted by Gasteiger charge is 2.19. The van der Waals surface area contributed by atoms with E-state index in [4.69, 9.17) is 0 Å². The lowest BCUT2D eigenvalue weighted by atomic mass is 10.1. The molecule has 0 aliphatic heterocycles. The molecule has 2 aromatic heterocycles. The maximum Gasteiger partial charge on any atom is 0.294 e. The van der Waals surface area contributed by atoms with Gasteiger partial charge in [-0.15, -0.1) is 0 Å². The zero-order valence-corrected chi connectivity index (χ0v) is 14.9.